The maximum atomic E-state index is 11.8. The zero-order valence-corrected chi connectivity index (χ0v) is 15.3. The third-order valence-electron chi connectivity index (χ3n) is 4.38. The molecule has 0 spiro atoms. The normalized spacial score (nSPS) is 16.7. The van der Waals surface area contributed by atoms with Crippen LogP contribution in [-0.2, 0) is 21.7 Å². The van der Waals surface area contributed by atoms with Crippen molar-refractivity contribution < 1.29 is 9.53 Å². The lowest BCUT2D eigenvalue weighted by molar-refractivity contribution is -0.142. The van der Waals surface area contributed by atoms with Crippen LogP contribution in [0.3, 0.4) is 0 Å². The number of nitrogens with zero attached hydrogens (tertiary/aromatic N) is 1. The minimum absolute atomic E-state index is 0.249. The molecule has 1 amide bonds. The molecule has 132 valence electrons. The molecule has 2 aromatic rings. The molecular weight excluding hydrogens is 330 g/mol. The molecule has 1 atom stereocenters. The van der Waals surface area contributed by atoms with Crippen LogP contribution in [0.4, 0.5) is 0 Å². The van der Waals surface area contributed by atoms with Gasteiger partial charge in [0.2, 0.25) is 5.91 Å². The summed E-state index contributed by atoms with van der Waals surface area (Å²) in [5.74, 6) is 1.20. The Hall–Kier alpha value is -1.78. The smallest absolute Gasteiger partial charge is 0.226 e. The Morgan fingerprint density at radius 3 is 2.32 bits per heavy atom. The number of likely N-dealkylation sites (tertiary alicyclic amines) is 1. The lowest BCUT2D eigenvalue weighted by Crippen LogP contribution is -2.52. The number of thioether (sulfide) groups is 1. The number of carbonyl (C=O) groups excluding carboxylic acids is 1. The summed E-state index contributed by atoms with van der Waals surface area (Å²) >= 11 is 1.84. The fourth-order valence-electron chi connectivity index (χ4n) is 2.90. The highest BCUT2D eigenvalue weighted by molar-refractivity contribution is 7.99. The maximum absolute atomic E-state index is 11.8. The Morgan fingerprint density at radius 1 is 0.960 bits per heavy atom. The molecule has 1 aliphatic heterocycles. The highest BCUT2D eigenvalue weighted by Gasteiger charge is 2.35. The van der Waals surface area contributed by atoms with Crippen molar-refractivity contribution in [1.82, 2.24) is 4.90 Å². The van der Waals surface area contributed by atoms with Gasteiger partial charge in [0.05, 0.1) is 18.4 Å². The van der Waals surface area contributed by atoms with Crippen LogP contribution in [0.5, 0.6) is 0 Å². The number of hydrogen-bond donors (Lipinski definition) is 0. The Bertz CT molecular complexity index is 647. The highest BCUT2D eigenvalue weighted by Crippen LogP contribution is 2.31. The predicted octanol–water partition coefficient (Wildman–Crippen LogP) is 4.13. The summed E-state index contributed by atoms with van der Waals surface area (Å²) in [6.07, 6.45) is 2.72. The van der Waals surface area contributed by atoms with E-state index >= 15 is 0 Å². The summed E-state index contributed by atoms with van der Waals surface area (Å²) in [5, 5.41) is 0.306. The maximum Gasteiger partial charge on any atom is 0.226 e. The second-order valence-corrected chi connectivity index (χ2v) is 7.41. The van der Waals surface area contributed by atoms with E-state index < -0.39 is 0 Å². The molecule has 0 saturated carbocycles. The van der Waals surface area contributed by atoms with E-state index in [1.54, 1.807) is 0 Å². The van der Waals surface area contributed by atoms with E-state index in [2.05, 4.69) is 48.5 Å². The molecule has 1 fully saturated rings. The SMILES string of the molecule is O=C1CC(SCc2ccccc2)N1CCOCCCc1ccccc1. The third-order valence-corrected chi connectivity index (χ3v) is 5.68. The van der Waals surface area contributed by atoms with Gasteiger partial charge in [0.1, 0.15) is 0 Å². The van der Waals surface area contributed by atoms with Gasteiger partial charge in [-0.3, -0.25) is 4.79 Å². The van der Waals surface area contributed by atoms with E-state index in [1.165, 1.54) is 11.1 Å². The van der Waals surface area contributed by atoms with E-state index in [4.69, 9.17) is 4.74 Å². The fraction of sp³-hybridized carbons (Fsp3) is 0.381. The second kappa shape index (κ2) is 9.64. The van der Waals surface area contributed by atoms with Crippen molar-refractivity contribution in [3.05, 3.63) is 71.8 Å². The van der Waals surface area contributed by atoms with Gasteiger partial charge in [-0.15, -0.1) is 11.8 Å². The highest BCUT2D eigenvalue weighted by atomic mass is 32.2. The number of carbonyl (C=O) groups is 1. The zero-order chi connectivity index (χ0) is 17.3. The molecule has 3 nitrogen and oxygen atoms in total. The first-order valence-electron chi connectivity index (χ1n) is 8.89. The minimum Gasteiger partial charge on any atom is -0.380 e. The van der Waals surface area contributed by atoms with Gasteiger partial charge in [0, 0.05) is 18.9 Å². The molecule has 2 aromatic carbocycles. The Balaban J connectivity index is 1.28. The fourth-order valence-corrected chi connectivity index (χ4v) is 4.14. The van der Waals surface area contributed by atoms with Crippen molar-refractivity contribution in [2.45, 2.75) is 30.4 Å². The summed E-state index contributed by atoms with van der Waals surface area (Å²) in [7, 11) is 0. The number of β-lactam (4-membered cyclic amide) rings is 1. The van der Waals surface area contributed by atoms with E-state index in [9.17, 15) is 4.79 Å². The van der Waals surface area contributed by atoms with Gasteiger partial charge < -0.3 is 9.64 Å². The number of benzene rings is 2. The van der Waals surface area contributed by atoms with Crippen molar-refractivity contribution in [2.24, 2.45) is 0 Å². The third kappa shape index (κ3) is 5.62. The van der Waals surface area contributed by atoms with E-state index in [0.717, 1.165) is 25.2 Å². The molecule has 3 rings (SSSR count). The summed E-state index contributed by atoms with van der Waals surface area (Å²) in [4.78, 5) is 13.8. The van der Waals surface area contributed by atoms with Crippen LogP contribution in [0.2, 0.25) is 0 Å². The first-order valence-corrected chi connectivity index (χ1v) is 9.94. The molecule has 0 aromatic heterocycles. The van der Waals surface area contributed by atoms with Crippen LogP contribution in [0.15, 0.2) is 60.7 Å². The number of hydrogen-bond acceptors (Lipinski definition) is 3. The summed E-state index contributed by atoms with van der Waals surface area (Å²) < 4.78 is 5.72. The molecular formula is C21H25NO2S. The van der Waals surface area contributed by atoms with Crippen molar-refractivity contribution in [3.63, 3.8) is 0 Å². The topological polar surface area (TPSA) is 29.5 Å². The van der Waals surface area contributed by atoms with Gasteiger partial charge in [0.25, 0.3) is 0 Å². The number of aryl methyl sites for hydroxylation is 1. The summed E-state index contributed by atoms with van der Waals surface area (Å²) in [6, 6.07) is 20.9. The molecule has 4 heteroatoms. The van der Waals surface area contributed by atoms with Crippen LogP contribution in [-0.4, -0.2) is 35.9 Å². The lowest BCUT2D eigenvalue weighted by atomic mass is 10.1. The van der Waals surface area contributed by atoms with E-state index in [-0.39, 0.29) is 5.91 Å². The van der Waals surface area contributed by atoms with Crippen molar-refractivity contribution in [1.29, 1.82) is 0 Å². The van der Waals surface area contributed by atoms with Crippen LogP contribution >= 0.6 is 11.8 Å². The number of rotatable bonds is 10. The van der Waals surface area contributed by atoms with Crippen LogP contribution < -0.4 is 0 Å². The average molecular weight is 356 g/mol. The monoisotopic (exact) mass is 355 g/mol. The van der Waals surface area contributed by atoms with E-state index in [0.29, 0.717) is 24.9 Å². The lowest BCUT2D eigenvalue weighted by Gasteiger charge is -2.40. The molecule has 0 radical (unpaired) electrons. The quantitative estimate of drug-likeness (QED) is 0.474. The van der Waals surface area contributed by atoms with Crippen molar-refractivity contribution in [2.75, 3.05) is 19.8 Å². The molecule has 1 heterocycles. The molecule has 0 bridgehead atoms. The van der Waals surface area contributed by atoms with Crippen LogP contribution in [0, 0.1) is 0 Å². The minimum atomic E-state index is 0.249. The number of ether oxygens (including phenoxy) is 1. The largest absolute Gasteiger partial charge is 0.380 e. The first-order chi connectivity index (χ1) is 12.3. The molecule has 1 aliphatic rings. The molecule has 0 N–H and O–H groups in total. The summed E-state index contributed by atoms with van der Waals surface area (Å²) in [6.45, 7) is 2.08. The van der Waals surface area contributed by atoms with Gasteiger partial charge in [-0.25, -0.2) is 0 Å². The van der Waals surface area contributed by atoms with Crippen LogP contribution in [0.1, 0.15) is 24.0 Å². The van der Waals surface area contributed by atoms with Crippen molar-refractivity contribution >= 4 is 17.7 Å². The van der Waals surface area contributed by atoms with Gasteiger partial charge in [-0.1, -0.05) is 60.7 Å². The average Bonchev–Trinajstić information content (AvgIpc) is 2.66. The van der Waals surface area contributed by atoms with Crippen LogP contribution in [0.25, 0.3) is 0 Å². The second-order valence-electron chi connectivity index (χ2n) is 6.24. The Labute approximate surface area is 154 Å². The summed E-state index contributed by atoms with van der Waals surface area (Å²) in [5.41, 5.74) is 2.66. The van der Waals surface area contributed by atoms with Gasteiger partial charge >= 0.3 is 0 Å². The predicted molar refractivity (Wildman–Crippen MR) is 103 cm³/mol. The van der Waals surface area contributed by atoms with Gasteiger partial charge in [-0.2, -0.15) is 0 Å². The first kappa shape index (κ1) is 18.0. The van der Waals surface area contributed by atoms with Crippen molar-refractivity contribution in [3.8, 4) is 0 Å². The zero-order valence-electron chi connectivity index (χ0n) is 14.5. The molecule has 25 heavy (non-hydrogen) atoms. The standard InChI is InChI=1S/C21H25NO2S/c23-20-16-21(25-17-19-10-5-2-6-11-19)22(20)13-15-24-14-7-12-18-8-3-1-4-9-18/h1-6,8-11,21H,7,12-17H2. The Morgan fingerprint density at radius 2 is 1.64 bits per heavy atom. The van der Waals surface area contributed by atoms with Gasteiger partial charge in [0.15, 0.2) is 0 Å². The van der Waals surface area contributed by atoms with E-state index in [1.807, 2.05) is 28.8 Å². The molecule has 0 aliphatic carbocycles. The molecule has 1 saturated heterocycles. The Kier molecular flexibility index (Phi) is 6.95. The number of amides is 1. The van der Waals surface area contributed by atoms with Gasteiger partial charge in [-0.05, 0) is 24.0 Å². The molecule has 1 unspecified atom stereocenters.